The first kappa shape index (κ1) is 14.2. The normalized spacial score (nSPS) is 18.9. The SMILES string of the molecule is O=C(c1sccc1-n1cnnn1)N1CCCC(CCO)C1. The van der Waals surface area contributed by atoms with E-state index in [2.05, 4.69) is 15.5 Å². The average molecular weight is 307 g/mol. The molecule has 1 amide bonds. The number of aliphatic hydroxyl groups is 1. The fourth-order valence-electron chi connectivity index (χ4n) is 2.73. The predicted molar refractivity (Wildman–Crippen MR) is 77.4 cm³/mol. The summed E-state index contributed by atoms with van der Waals surface area (Å²) in [7, 11) is 0. The van der Waals surface area contributed by atoms with E-state index >= 15 is 0 Å². The number of likely N-dealkylation sites (tertiary alicyclic amines) is 1. The molecule has 1 N–H and O–H groups in total. The highest BCUT2D eigenvalue weighted by Gasteiger charge is 2.27. The minimum absolute atomic E-state index is 0.0261. The van der Waals surface area contributed by atoms with Gasteiger partial charge < -0.3 is 10.0 Å². The summed E-state index contributed by atoms with van der Waals surface area (Å²) in [6.07, 6.45) is 4.31. The molecular formula is C13H17N5O2S. The van der Waals surface area contributed by atoms with Crippen molar-refractivity contribution in [2.24, 2.45) is 5.92 Å². The molecule has 1 saturated heterocycles. The Morgan fingerprint density at radius 1 is 1.52 bits per heavy atom. The van der Waals surface area contributed by atoms with Crippen LogP contribution in [0.2, 0.25) is 0 Å². The van der Waals surface area contributed by atoms with Gasteiger partial charge in [-0.1, -0.05) is 0 Å². The van der Waals surface area contributed by atoms with E-state index < -0.39 is 0 Å². The Hall–Kier alpha value is -1.80. The minimum Gasteiger partial charge on any atom is -0.396 e. The summed E-state index contributed by atoms with van der Waals surface area (Å²) in [5.74, 6) is 0.419. The first-order chi connectivity index (χ1) is 10.3. The third-order valence-corrected chi connectivity index (χ3v) is 4.67. The molecule has 1 aliphatic heterocycles. The number of carbonyl (C=O) groups excluding carboxylic acids is 1. The quantitative estimate of drug-likeness (QED) is 0.909. The van der Waals surface area contributed by atoms with Gasteiger partial charge in [0.25, 0.3) is 5.91 Å². The molecule has 2 aromatic rings. The predicted octanol–water partition coefficient (Wildman–Crippen LogP) is 0.958. The van der Waals surface area contributed by atoms with E-state index in [0.29, 0.717) is 17.3 Å². The van der Waals surface area contributed by atoms with Crippen LogP contribution in [0.15, 0.2) is 17.8 Å². The van der Waals surface area contributed by atoms with Crippen molar-refractivity contribution in [2.45, 2.75) is 19.3 Å². The van der Waals surface area contributed by atoms with Gasteiger partial charge in [-0.3, -0.25) is 4.79 Å². The molecule has 2 aromatic heterocycles. The second kappa shape index (κ2) is 6.31. The summed E-state index contributed by atoms with van der Waals surface area (Å²) >= 11 is 1.41. The molecule has 0 spiro atoms. The molecule has 7 nitrogen and oxygen atoms in total. The Morgan fingerprint density at radius 3 is 3.19 bits per heavy atom. The number of carbonyl (C=O) groups is 1. The lowest BCUT2D eigenvalue weighted by Gasteiger charge is -2.32. The first-order valence-corrected chi connectivity index (χ1v) is 7.88. The van der Waals surface area contributed by atoms with Gasteiger partial charge in [0.15, 0.2) is 0 Å². The first-order valence-electron chi connectivity index (χ1n) is 7.00. The van der Waals surface area contributed by atoms with Crippen LogP contribution in [0.3, 0.4) is 0 Å². The summed E-state index contributed by atoms with van der Waals surface area (Å²) < 4.78 is 1.51. The lowest BCUT2D eigenvalue weighted by atomic mass is 9.95. The van der Waals surface area contributed by atoms with Crippen LogP contribution in [0.1, 0.15) is 28.9 Å². The number of amides is 1. The summed E-state index contributed by atoms with van der Waals surface area (Å²) in [6, 6.07) is 1.85. The fraction of sp³-hybridized carbons (Fsp3) is 0.538. The van der Waals surface area contributed by atoms with Crippen molar-refractivity contribution in [1.29, 1.82) is 0 Å². The standard InChI is InChI=1S/C13H17N5O2S/c19-6-3-10-2-1-5-17(8-10)13(20)12-11(4-7-21-12)18-9-14-15-16-18/h4,7,9-10,19H,1-3,5-6,8H2. The van der Waals surface area contributed by atoms with E-state index in [9.17, 15) is 4.79 Å². The highest BCUT2D eigenvalue weighted by Crippen LogP contribution is 2.26. The zero-order valence-corrected chi connectivity index (χ0v) is 12.4. The van der Waals surface area contributed by atoms with Crippen LogP contribution in [0, 0.1) is 5.92 Å². The van der Waals surface area contributed by atoms with Crippen LogP contribution in [-0.2, 0) is 0 Å². The third-order valence-electron chi connectivity index (χ3n) is 3.78. The van der Waals surface area contributed by atoms with Crippen LogP contribution in [0.25, 0.3) is 5.69 Å². The van der Waals surface area contributed by atoms with Gasteiger partial charge in [0, 0.05) is 19.7 Å². The lowest BCUT2D eigenvalue weighted by molar-refractivity contribution is 0.0658. The lowest BCUT2D eigenvalue weighted by Crippen LogP contribution is -2.40. The Balaban J connectivity index is 1.78. The third kappa shape index (κ3) is 2.96. The van der Waals surface area contributed by atoms with Gasteiger partial charge in [0.2, 0.25) is 0 Å². The van der Waals surface area contributed by atoms with Gasteiger partial charge >= 0.3 is 0 Å². The summed E-state index contributed by atoms with van der Waals surface area (Å²) in [5.41, 5.74) is 0.722. The molecule has 8 heteroatoms. The van der Waals surface area contributed by atoms with E-state index in [0.717, 1.165) is 31.5 Å². The number of rotatable bonds is 4. The van der Waals surface area contributed by atoms with Gasteiger partial charge in [0.1, 0.15) is 11.2 Å². The molecule has 1 aliphatic rings. The summed E-state index contributed by atoms with van der Waals surface area (Å²) in [6.45, 7) is 1.67. The maximum Gasteiger partial charge on any atom is 0.266 e. The molecule has 0 aliphatic carbocycles. The van der Waals surface area contributed by atoms with Crippen LogP contribution >= 0.6 is 11.3 Å². The van der Waals surface area contributed by atoms with Crippen molar-refractivity contribution in [3.63, 3.8) is 0 Å². The number of piperidine rings is 1. The summed E-state index contributed by atoms with van der Waals surface area (Å²) in [4.78, 5) is 15.3. The molecule has 0 saturated carbocycles. The van der Waals surface area contributed by atoms with Gasteiger partial charge in [-0.2, -0.15) is 4.68 Å². The maximum atomic E-state index is 12.7. The van der Waals surface area contributed by atoms with Crippen molar-refractivity contribution in [1.82, 2.24) is 25.1 Å². The second-order valence-electron chi connectivity index (χ2n) is 5.16. The molecule has 0 aromatic carbocycles. The molecule has 0 bridgehead atoms. The number of thiophene rings is 1. The number of hydrogen-bond donors (Lipinski definition) is 1. The van der Waals surface area contributed by atoms with Gasteiger partial charge in [-0.25, -0.2) is 0 Å². The number of aliphatic hydroxyl groups excluding tert-OH is 1. The van der Waals surface area contributed by atoms with Crippen molar-refractivity contribution >= 4 is 17.2 Å². The van der Waals surface area contributed by atoms with Crippen LogP contribution in [-0.4, -0.2) is 55.8 Å². The van der Waals surface area contributed by atoms with Crippen LogP contribution < -0.4 is 0 Å². The van der Waals surface area contributed by atoms with Crippen LogP contribution in [0.4, 0.5) is 0 Å². The van der Waals surface area contributed by atoms with Crippen molar-refractivity contribution in [3.8, 4) is 5.69 Å². The monoisotopic (exact) mass is 307 g/mol. The fourth-order valence-corrected chi connectivity index (χ4v) is 3.57. The zero-order valence-electron chi connectivity index (χ0n) is 11.6. The number of hydrogen-bond acceptors (Lipinski definition) is 6. The molecule has 1 unspecified atom stereocenters. The van der Waals surface area contributed by atoms with Crippen molar-refractivity contribution in [3.05, 3.63) is 22.7 Å². The van der Waals surface area contributed by atoms with E-state index in [-0.39, 0.29) is 12.5 Å². The smallest absolute Gasteiger partial charge is 0.266 e. The minimum atomic E-state index is 0.0261. The molecule has 0 radical (unpaired) electrons. The molecular weight excluding hydrogens is 290 g/mol. The highest BCUT2D eigenvalue weighted by atomic mass is 32.1. The number of nitrogens with zero attached hydrogens (tertiary/aromatic N) is 5. The van der Waals surface area contributed by atoms with Crippen molar-refractivity contribution in [2.75, 3.05) is 19.7 Å². The molecule has 21 heavy (non-hydrogen) atoms. The van der Waals surface area contributed by atoms with E-state index in [1.807, 2.05) is 16.3 Å². The second-order valence-corrected chi connectivity index (χ2v) is 6.08. The largest absolute Gasteiger partial charge is 0.396 e. The van der Waals surface area contributed by atoms with Gasteiger partial charge in [0.05, 0.1) is 5.69 Å². The Labute approximate surface area is 126 Å². The Bertz CT molecular complexity index is 595. The average Bonchev–Trinajstić information content (AvgIpc) is 3.18. The van der Waals surface area contributed by atoms with Crippen molar-refractivity contribution < 1.29 is 9.90 Å². The number of aromatic nitrogens is 4. The molecule has 1 atom stereocenters. The summed E-state index contributed by atoms with van der Waals surface area (Å²) in [5, 5.41) is 22.0. The molecule has 3 rings (SSSR count). The maximum absolute atomic E-state index is 12.7. The number of tetrazole rings is 1. The van der Waals surface area contributed by atoms with Crippen LogP contribution in [0.5, 0.6) is 0 Å². The van der Waals surface area contributed by atoms with Gasteiger partial charge in [-0.05, 0) is 47.1 Å². The zero-order chi connectivity index (χ0) is 14.7. The molecule has 3 heterocycles. The van der Waals surface area contributed by atoms with E-state index in [4.69, 9.17) is 5.11 Å². The van der Waals surface area contributed by atoms with E-state index in [1.165, 1.54) is 22.3 Å². The van der Waals surface area contributed by atoms with E-state index in [1.54, 1.807) is 0 Å². The molecule has 1 fully saturated rings. The topological polar surface area (TPSA) is 84.1 Å². The highest BCUT2D eigenvalue weighted by molar-refractivity contribution is 7.12. The van der Waals surface area contributed by atoms with Gasteiger partial charge in [-0.15, -0.1) is 16.4 Å². The Morgan fingerprint density at radius 2 is 2.43 bits per heavy atom. The molecule has 112 valence electrons. The Kier molecular flexibility index (Phi) is 4.26.